The Morgan fingerprint density at radius 3 is 2.22 bits per heavy atom. The van der Waals surface area contributed by atoms with Crippen molar-refractivity contribution in [2.75, 3.05) is 26.4 Å². The second-order valence-electron chi connectivity index (χ2n) is 10.7. The van der Waals surface area contributed by atoms with Crippen LogP contribution in [0.2, 0.25) is 0 Å². The first kappa shape index (κ1) is 31.6. The number of amides is 1. The molecule has 0 aliphatic carbocycles. The lowest BCUT2D eigenvalue weighted by molar-refractivity contribution is -0.701. The van der Waals surface area contributed by atoms with Crippen molar-refractivity contribution in [2.45, 2.75) is 129 Å². The van der Waals surface area contributed by atoms with Gasteiger partial charge in [-0.05, 0) is 19.8 Å². The van der Waals surface area contributed by atoms with Crippen LogP contribution in [-0.4, -0.2) is 38.6 Å². The minimum atomic E-state index is -0.396. The number of hydrogen-bond donors (Lipinski definition) is 1. The molecule has 1 aliphatic heterocycles. The number of pyridine rings is 1. The molecule has 1 aliphatic rings. The van der Waals surface area contributed by atoms with E-state index >= 15 is 0 Å². The Morgan fingerprint density at radius 1 is 0.919 bits per heavy atom. The van der Waals surface area contributed by atoms with Crippen molar-refractivity contribution in [3.63, 3.8) is 0 Å². The molecule has 1 aromatic heterocycles. The topological polar surface area (TPSA) is 60.7 Å². The lowest BCUT2D eigenvalue weighted by Gasteiger charge is -2.11. The highest BCUT2D eigenvalue weighted by Gasteiger charge is 2.26. The van der Waals surface area contributed by atoms with Gasteiger partial charge in [-0.15, -0.1) is 0 Å². The summed E-state index contributed by atoms with van der Waals surface area (Å²) < 4.78 is 19.2. The van der Waals surface area contributed by atoms with Gasteiger partial charge in [0.15, 0.2) is 6.20 Å². The molecular weight excluding hydrogens is 464 g/mol. The van der Waals surface area contributed by atoms with E-state index in [0.29, 0.717) is 25.7 Å². The van der Waals surface area contributed by atoms with Gasteiger partial charge in [0, 0.05) is 24.7 Å². The third-order valence-corrected chi connectivity index (χ3v) is 7.35. The van der Waals surface area contributed by atoms with Gasteiger partial charge in [0.2, 0.25) is 5.69 Å². The maximum atomic E-state index is 12.1. The third kappa shape index (κ3) is 15.4. The number of carbonyl (C=O) groups excluding carboxylic acids is 1. The summed E-state index contributed by atoms with van der Waals surface area (Å²) in [7, 11) is 0. The third-order valence-electron chi connectivity index (χ3n) is 7.35. The second kappa shape index (κ2) is 21.3. The summed E-state index contributed by atoms with van der Waals surface area (Å²) in [6.45, 7) is 8.26. The standard InChI is InChI=1S/C31H54N2O4/c1-3-5-6-7-8-9-10-11-12-13-14-15-16-19-22-35-25-28-23-30(36-26-28)27-37-31(34)32-24-29-20-17-18-21-33(29)4-2/h17-18,20-21,28,30H,3-16,19,22-27H2,1-2H3/p+1/t28-,30-/m1/s1. The van der Waals surface area contributed by atoms with Crippen molar-refractivity contribution in [3.8, 4) is 0 Å². The molecule has 2 atom stereocenters. The predicted molar refractivity (Wildman–Crippen MR) is 149 cm³/mol. The van der Waals surface area contributed by atoms with Gasteiger partial charge in [-0.3, -0.25) is 0 Å². The molecule has 6 heteroatoms. The van der Waals surface area contributed by atoms with Gasteiger partial charge in [-0.25, -0.2) is 9.36 Å². The van der Waals surface area contributed by atoms with E-state index in [2.05, 4.69) is 23.7 Å². The van der Waals surface area contributed by atoms with Crippen LogP contribution in [0.25, 0.3) is 0 Å². The van der Waals surface area contributed by atoms with Crippen molar-refractivity contribution in [1.82, 2.24) is 5.32 Å². The number of aryl methyl sites for hydroxylation is 1. The minimum Gasteiger partial charge on any atom is -0.447 e. The summed E-state index contributed by atoms with van der Waals surface area (Å²) in [4.78, 5) is 12.1. The zero-order chi connectivity index (χ0) is 26.4. The van der Waals surface area contributed by atoms with Gasteiger partial charge in [-0.2, -0.15) is 0 Å². The summed E-state index contributed by atoms with van der Waals surface area (Å²) in [5, 5.41) is 2.83. The molecule has 2 heterocycles. The molecule has 6 nitrogen and oxygen atoms in total. The van der Waals surface area contributed by atoms with Crippen LogP contribution >= 0.6 is 0 Å². The Balaban J connectivity index is 1.35. The Kier molecular flexibility index (Phi) is 18.2. The monoisotopic (exact) mass is 519 g/mol. The maximum Gasteiger partial charge on any atom is 0.407 e. The van der Waals surface area contributed by atoms with E-state index in [1.54, 1.807) is 0 Å². The average molecular weight is 520 g/mol. The minimum absolute atomic E-state index is 0.0299. The molecule has 0 aromatic carbocycles. The van der Waals surface area contributed by atoms with Gasteiger partial charge < -0.3 is 19.5 Å². The molecule has 37 heavy (non-hydrogen) atoms. The summed E-state index contributed by atoms with van der Waals surface area (Å²) in [5.74, 6) is 0.399. The number of ether oxygens (including phenoxy) is 3. The molecule has 0 saturated carbocycles. The Bertz CT molecular complexity index is 700. The van der Waals surface area contributed by atoms with Crippen molar-refractivity contribution >= 4 is 6.09 Å². The molecule has 0 unspecified atom stereocenters. The van der Waals surface area contributed by atoms with Gasteiger partial charge >= 0.3 is 6.09 Å². The van der Waals surface area contributed by atoms with Crippen molar-refractivity contribution in [3.05, 3.63) is 30.1 Å². The highest BCUT2D eigenvalue weighted by Crippen LogP contribution is 2.20. The van der Waals surface area contributed by atoms with Crippen LogP contribution < -0.4 is 9.88 Å². The molecule has 0 bridgehead atoms. The van der Waals surface area contributed by atoms with Gasteiger partial charge in [0.25, 0.3) is 0 Å². The number of nitrogens with one attached hydrogen (secondary N) is 1. The van der Waals surface area contributed by atoms with E-state index in [9.17, 15) is 4.79 Å². The molecule has 1 N–H and O–H groups in total. The smallest absolute Gasteiger partial charge is 0.407 e. The largest absolute Gasteiger partial charge is 0.447 e. The highest BCUT2D eigenvalue weighted by molar-refractivity contribution is 5.67. The van der Waals surface area contributed by atoms with Crippen LogP contribution in [0, 0.1) is 5.92 Å². The lowest BCUT2D eigenvalue weighted by atomic mass is 10.0. The molecule has 1 fully saturated rings. The van der Waals surface area contributed by atoms with E-state index < -0.39 is 6.09 Å². The molecule has 1 aromatic rings. The molecule has 0 radical (unpaired) electrons. The fourth-order valence-electron chi connectivity index (χ4n) is 5.02. The average Bonchev–Trinajstić information content (AvgIpc) is 3.38. The molecule has 2 rings (SSSR count). The number of alkyl carbamates (subject to hydrolysis) is 1. The van der Waals surface area contributed by atoms with Crippen molar-refractivity contribution in [1.29, 1.82) is 0 Å². The normalized spacial score (nSPS) is 17.2. The first-order chi connectivity index (χ1) is 18.2. The number of carbonyl (C=O) groups is 1. The number of unbranched alkanes of at least 4 members (excludes halogenated alkanes) is 13. The van der Waals surface area contributed by atoms with Crippen molar-refractivity contribution < 1.29 is 23.6 Å². The number of aromatic nitrogens is 1. The van der Waals surface area contributed by atoms with E-state index in [4.69, 9.17) is 14.2 Å². The molecule has 1 amide bonds. The van der Waals surface area contributed by atoms with Gasteiger partial charge in [0.1, 0.15) is 19.7 Å². The Labute approximate surface area is 226 Å². The molecule has 0 spiro atoms. The SMILES string of the molecule is CCCCCCCCCCCCCCCCOC[C@@H]1CO[C@@H](COC(=O)NCc2cccc[n+]2CC)C1. The van der Waals surface area contributed by atoms with Crippen LogP contribution in [0.15, 0.2) is 24.4 Å². The molecule has 1 saturated heterocycles. The highest BCUT2D eigenvalue weighted by atomic mass is 16.6. The second-order valence-corrected chi connectivity index (χ2v) is 10.7. The number of nitrogens with zero attached hydrogens (tertiary/aromatic N) is 1. The predicted octanol–water partition coefficient (Wildman–Crippen LogP) is 7.12. The Hall–Kier alpha value is -1.66. The molecule has 212 valence electrons. The van der Waals surface area contributed by atoms with E-state index in [1.807, 2.05) is 24.4 Å². The zero-order valence-electron chi connectivity index (χ0n) is 23.9. The lowest BCUT2D eigenvalue weighted by Crippen LogP contribution is -2.40. The van der Waals surface area contributed by atoms with E-state index in [1.165, 1.54) is 83.5 Å². The van der Waals surface area contributed by atoms with Crippen LogP contribution in [0.5, 0.6) is 0 Å². The summed E-state index contributed by atoms with van der Waals surface area (Å²) in [5.41, 5.74) is 1.05. The fraction of sp³-hybridized carbons (Fsp3) is 0.806. The fourth-order valence-corrected chi connectivity index (χ4v) is 5.02. The quantitative estimate of drug-likeness (QED) is 0.131. The van der Waals surface area contributed by atoms with Crippen LogP contribution in [0.1, 0.15) is 116 Å². The summed E-state index contributed by atoms with van der Waals surface area (Å²) in [6, 6.07) is 5.97. The van der Waals surface area contributed by atoms with E-state index in [0.717, 1.165) is 38.3 Å². The first-order valence-corrected chi connectivity index (χ1v) is 15.3. The summed E-state index contributed by atoms with van der Waals surface area (Å²) in [6.07, 6.45) is 21.7. The van der Waals surface area contributed by atoms with Crippen LogP contribution in [0.3, 0.4) is 0 Å². The van der Waals surface area contributed by atoms with Gasteiger partial charge in [-0.1, -0.05) is 96.5 Å². The zero-order valence-corrected chi connectivity index (χ0v) is 23.9. The van der Waals surface area contributed by atoms with Gasteiger partial charge in [0.05, 0.1) is 19.3 Å². The maximum absolute atomic E-state index is 12.1. The Morgan fingerprint density at radius 2 is 1.57 bits per heavy atom. The summed E-state index contributed by atoms with van der Waals surface area (Å²) >= 11 is 0. The first-order valence-electron chi connectivity index (χ1n) is 15.3. The van der Waals surface area contributed by atoms with Crippen LogP contribution in [-0.2, 0) is 27.3 Å². The van der Waals surface area contributed by atoms with Crippen molar-refractivity contribution in [2.24, 2.45) is 5.92 Å². The van der Waals surface area contributed by atoms with Crippen LogP contribution in [0.4, 0.5) is 4.79 Å². The molecular formula is C31H55N2O4+. The number of rotatable bonds is 22. The number of hydrogen-bond acceptors (Lipinski definition) is 4. The van der Waals surface area contributed by atoms with E-state index in [-0.39, 0.29) is 6.10 Å².